The molecule has 3 aromatic rings. The first-order valence-electron chi connectivity index (χ1n) is 7.56. The molecule has 0 saturated heterocycles. The molecule has 0 spiro atoms. The standard InChI is InChI=1S/C18H13Cl2FN4O/c1-10-8-16(17(26)23-15-5-3-2-4-13(15)21)25-18(22-10)24-14-7-6-11(19)9-12(14)20/h2-9H,1H3,(H,23,26)(H,22,24,25). The van der Waals surface area contributed by atoms with E-state index in [0.717, 1.165) is 0 Å². The lowest BCUT2D eigenvalue weighted by atomic mass is 10.2. The van der Waals surface area contributed by atoms with Gasteiger partial charge < -0.3 is 10.6 Å². The number of nitrogens with one attached hydrogen (secondary N) is 2. The number of hydrogen-bond acceptors (Lipinski definition) is 4. The minimum Gasteiger partial charge on any atom is -0.323 e. The zero-order chi connectivity index (χ0) is 18.7. The number of carbonyl (C=O) groups is 1. The van der Waals surface area contributed by atoms with Crippen LogP contribution in [0.5, 0.6) is 0 Å². The maximum absolute atomic E-state index is 13.7. The zero-order valence-electron chi connectivity index (χ0n) is 13.6. The Morgan fingerprint density at radius 2 is 1.81 bits per heavy atom. The number of carbonyl (C=O) groups excluding carboxylic acids is 1. The predicted molar refractivity (Wildman–Crippen MR) is 101 cm³/mol. The van der Waals surface area contributed by atoms with E-state index < -0.39 is 11.7 Å². The first-order valence-corrected chi connectivity index (χ1v) is 8.31. The van der Waals surface area contributed by atoms with Crippen LogP contribution in [-0.2, 0) is 0 Å². The van der Waals surface area contributed by atoms with Crippen molar-refractivity contribution in [1.29, 1.82) is 0 Å². The monoisotopic (exact) mass is 390 g/mol. The van der Waals surface area contributed by atoms with Crippen LogP contribution in [0, 0.1) is 12.7 Å². The van der Waals surface area contributed by atoms with Crippen LogP contribution in [0.4, 0.5) is 21.7 Å². The van der Waals surface area contributed by atoms with Crippen LogP contribution in [0.3, 0.4) is 0 Å². The summed E-state index contributed by atoms with van der Waals surface area (Å²) in [5.41, 5.74) is 1.27. The fourth-order valence-corrected chi connectivity index (χ4v) is 2.66. The van der Waals surface area contributed by atoms with Crippen molar-refractivity contribution in [2.45, 2.75) is 6.92 Å². The Labute approximate surface area is 159 Å². The largest absolute Gasteiger partial charge is 0.323 e. The molecule has 0 fully saturated rings. The first-order chi connectivity index (χ1) is 12.4. The average molecular weight is 391 g/mol. The van der Waals surface area contributed by atoms with E-state index in [4.69, 9.17) is 23.2 Å². The molecule has 0 radical (unpaired) electrons. The Kier molecular flexibility index (Phi) is 5.35. The fraction of sp³-hybridized carbons (Fsp3) is 0.0556. The Bertz CT molecular complexity index is 981. The van der Waals surface area contributed by atoms with Gasteiger partial charge in [0, 0.05) is 10.7 Å². The minimum atomic E-state index is -0.550. The molecule has 0 bridgehead atoms. The van der Waals surface area contributed by atoms with Gasteiger partial charge >= 0.3 is 0 Å². The van der Waals surface area contributed by atoms with Crippen molar-refractivity contribution < 1.29 is 9.18 Å². The van der Waals surface area contributed by atoms with E-state index in [0.29, 0.717) is 21.4 Å². The van der Waals surface area contributed by atoms with Crippen molar-refractivity contribution in [3.8, 4) is 0 Å². The quantitative estimate of drug-likeness (QED) is 0.640. The molecule has 0 unspecified atom stereocenters. The maximum Gasteiger partial charge on any atom is 0.274 e. The minimum absolute atomic E-state index is 0.0732. The Morgan fingerprint density at radius 1 is 1.04 bits per heavy atom. The smallest absolute Gasteiger partial charge is 0.274 e. The van der Waals surface area contributed by atoms with Gasteiger partial charge in [0.15, 0.2) is 0 Å². The topological polar surface area (TPSA) is 66.9 Å². The third kappa shape index (κ3) is 4.28. The Hall–Kier alpha value is -2.70. The molecule has 26 heavy (non-hydrogen) atoms. The molecule has 2 N–H and O–H groups in total. The molecule has 1 amide bonds. The second-order valence-electron chi connectivity index (χ2n) is 5.40. The second kappa shape index (κ2) is 7.68. The number of para-hydroxylation sites is 1. The molecular formula is C18H13Cl2FN4O. The van der Waals surface area contributed by atoms with E-state index in [1.807, 2.05) is 0 Å². The number of anilines is 3. The molecule has 3 rings (SSSR count). The second-order valence-corrected chi connectivity index (χ2v) is 6.24. The number of aromatic nitrogens is 2. The van der Waals surface area contributed by atoms with Crippen LogP contribution in [0.1, 0.15) is 16.2 Å². The van der Waals surface area contributed by atoms with Gasteiger partial charge in [-0.15, -0.1) is 0 Å². The highest BCUT2D eigenvalue weighted by Gasteiger charge is 2.13. The summed E-state index contributed by atoms with van der Waals surface area (Å²) in [4.78, 5) is 20.8. The summed E-state index contributed by atoms with van der Waals surface area (Å²) >= 11 is 12.0. The van der Waals surface area contributed by atoms with Crippen LogP contribution < -0.4 is 10.6 Å². The van der Waals surface area contributed by atoms with Crippen LogP contribution in [-0.4, -0.2) is 15.9 Å². The lowest BCUT2D eigenvalue weighted by molar-refractivity contribution is 0.102. The van der Waals surface area contributed by atoms with Crippen LogP contribution >= 0.6 is 23.2 Å². The van der Waals surface area contributed by atoms with Gasteiger partial charge in [-0.25, -0.2) is 14.4 Å². The molecular weight excluding hydrogens is 378 g/mol. The summed E-state index contributed by atoms with van der Waals surface area (Å²) in [6.07, 6.45) is 0. The highest BCUT2D eigenvalue weighted by molar-refractivity contribution is 6.36. The summed E-state index contributed by atoms with van der Waals surface area (Å²) in [6, 6.07) is 12.3. The number of nitrogens with zero attached hydrogens (tertiary/aromatic N) is 2. The number of amides is 1. The number of halogens is 3. The van der Waals surface area contributed by atoms with E-state index >= 15 is 0 Å². The predicted octanol–water partition coefficient (Wildman–Crippen LogP) is 5.23. The summed E-state index contributed by atoms with van der Waals surface area (Å²) in [6.45, 7) is 1.72. The van der Waals surface area contributed by atoms with Gasteiger partial charge in [-0.2, -0.15) is 0 Å². The van der Waals surface area contributed by atoms with E-state index in [1.54, 1.807) is 31.2 Å². The van der Waals surface area contributed by atoms with Crippen molar-refractivity contribution in [3.05, 3.63) is 75.8 Å². The zero-order valence-corrected chi connectivity index (χ0v) is 15.1. The summed E-state index contributed by atoms with van der Waals surface area (Å²) in [5, 5.41) is 6.32. The molecule has 1 heterocycles. The molecule has 0 aliphatic carbocycles. The number of aryl methyl sites for hydroxylation is 1. The molecule has 0 aliphatic heterocycles. The Morgan fingerprint density at radius 3 is 2.54 bits per heavy atom. The fourth-order valence-electron chi connectivity index (χ4n) is 2.20. The lowest BCUT2D eigenvalue weighted by Crippen LogP contribution is -2.16. The molecule has 0 atom stereocenters. The molecule has 1 aromatic heterocycles. The van der Waals surface area contributed by atoms with Crippen LogP contribution in [0.15, 0.2) is 48.5 Å². The highest BCUT2D eigenvalue weighted by atomic mass is 35.5. The van der Waals surface area contributed by atoms with Gasteiger partial charge in [-0.05, 0) is 43.3 Å². The van der Waals surface area contributed by atoms with E-state index in [9.17, 15) is 9.18 Å². The van der Waals surface area contributed by atoms with Crippen molar-refractivity contribution in [2.24, 2.45) is 0 Å². The van der Waals surface area contributed by atoms with Gasteiger partial charge in [0.2, 0.25) is 5.95 Å². The molecule has 0 saturated carbocycles. The van der Waals surface area contributed by atoms with E-state index in [2.05, 4.69) is 20.6 Å². The summed E-state index contributed by atoms with van der Waals surface area (Å²) in [7, 11) is 0. The number of rotatable bonds is 4. The first kappa shape index (κ1) is 18.1. The molecule has 132 valence electrons. The summed E-state index contributed by atoms with van der Waals surface area (Å²) in [5.74, 6) is -0.892. The molecule has 0 aliphatic rings. The van der Waals surface area contributed by atoms with Crippen molar-refractivity contribution in [1.82, 2.24) is 9.97 Å². The van der Waals surface area contributed by atoms with Gasteiger partial charge in [-0.3, -0.25) is 4.79 Å². The lowest BCUT2D eigenvalue weighted by Gasteiger charge is -2.10. The van der Waals surface area contributed by atoms with Crippen LogP contribution in [0.2, 0.25) is 10.0 Å². The van der Waals surface area contributed by atoms with Gasteiger partial charge in [0.25, 0.3) is 5.91 Å². The summed E-state index contributed by atoms with van der Waals surface area (Å²) < 4.78 is 13.7. The van der Waals surface area contributed by atoms with Crippen molar-refractivity contribution in [3.63, 3.8) is 0 Å². The SMILES string of the molecule is Cc1cc(C(=O)Nc2ccccc2F)nc(Nc2ccc(Cl)cc2Cl)n1. The van der Waals surface area contributed by atoms with Gasteiger partial charge in [0.1, 0.15) is 11.5 Å². The van der Waals surface area contributed by atoms with Crippen molar-refractivity contribution in [2.75, 3.05) is 10.6 Å². The molecule has 2 aromatic carbocycles. The third-order valence-electron chi connectivity index (χ3n) is 3.39. The van der Waals surface area contributed by atoms with E-state index in [-0.39, 0.29) is 17.3 Å². The van der Waals surface area contributed by atoms with Crippen molar-refractivity contribution >= 4 is 46.4 Å². The van der Waals surface area contributed by atoms with E-state index in [1.165, 1.54) is 24.3 Å². The van der Waals surface area contributed by atoms with Gasteiger partial charge in [0.05, 0.1) is 16.4 Å². The van der Waals surface area contributed by atoms with Crippen LogP contribution in [0.25, 0.3) is 0 Å². The molecule has 5 nitrogen and oxygen atoms in total. The normalized spacial score (nSPS) is 10.5. The third-order valence-corrected chi connectivity index (χ3v) is 3.93. The number of hydrogen-bond donors (Lipinski definition) is 2. The highest BCUT2D eigenvalue weighted by Crippen LogP contribution is 2.27. The Balaban J connectivity index is 1.85. The number of benzene rings is 2. The molecule has 8 heteroatoms. The average Bonchev–Trinajstić information content (AvgIpc) is 2.59. The maximum atomic E-state index is 13.7. The van der Waals surface area contributed by atoms with Gasteiger partial charge in [-0.1, -0.05) is 35.3 Å².